The number of halogens is 2. The molecule has 84 valence electrons. The Morgan fingerprint density at radius 2 is 1.80 bits per heavy atom. The van der Waals surface area contributed by atoms with Crippen molar-refractivity contribution in [2.45, 2.75) is 11.8 Å². The van der Waals surface area contributed by atoms with E-state index in [1.165, 1.54) is 11.8 Å². The fraction of sp³-hybridized carbons (Fsp3) is 0.400. The Morgan fingerprint density at radius 1 is 1.20 bits per heavy atom. The van der Waals surface area contributed by atoms with E-state index in [9.17, 15) is 8.78 Å². The number of hydrogen-bond acceptors (Lipinski definition) is 3. The molecule has 0 aliphatic rings. The Balaban J connectivity index is 2.60. The zero-order chi connectivity index (χ0) is 11.3. The van der Waals surface area contributed by atoms with Crippen LogP contribution in [0.2, 0.25) is 0 Å². The van der Waals surface area contributed by atoms with E-state index < -0.39 is 11.6 Å². The van der Waals surface area contributed by atoms with Gasteiger partial charge in [0.25, 0.3) is 0 Å². The second-order valence-electron chi connectivity index (χ2n) is 2.86. The smallest absolute Gasteiger partial charge is 0.141 e. The fourth-order valence-corrected chi connectivity index (χ4v) is 2.76. The molecule has 0 bridgehead atoms. The van der Waals surface area contributed by atoms with Crippen molar-refractivity contribution < 1.29 is 8.78 Å². The molecule has 1 rings (SSSR count). The molecule has 0 heterocycles. The summed E-state index contributed by atoms with van der Waals surface area (Å²) >= 11 is 2.95. The Kier molecular flexibility index (Phi) is 5.25. The van der Waals surface area contributed by atoms with Crippen LogP contribution in [0, 0.1) is 11.6 Å². The third kappa shape index (κ3) is 3.91. The molecule has 0 aromatic heterocycles. The normalized spacial score (nSPS) is 10.6. The third-order valence-electron chi connectivity index (χ3n) is 1.70. The number of thioether (sulfide) groups is 2. The van der Waals surface area contributed by atoms with Crippen LogP contribution in [0.1, 0.15) is 6.92 Å². The lowest BCUT2D eigenvalue weighted by molar-refractivity contribution is 0.542. The van der Waals surface area contributed by atoms with Crippen LogP contribution in [0.25, 0.3) is 0 Å². The molecule has 0 aliphatic carbocycles. The van der Waals surface area contributed by atoms with Crippen molar-refractivity contribution in [2.75, 3.05) is 23.0 Å². The highest BCUT2D eigenvalue weighted by atomic mass is 32.2. The molecular weight excluding hydrogens is 236 g/mol. The van der Waals surface area contributed by atoms with Crippen LogP contribution in [0.3, 0.4) is 0 Å². The first-order chi connectivity index (χ1) is 7.15. The Bertz CT molecular complexity index is 308. The van der Waals surface area contributed by atoms with Gasteiger partial charge in [-0.1, -0.05) is 6.92 Å². The van der Waals surface area contributed by atoms with E-state index in [1.807, 2.05) is 0 Å². The summed E-state index contributed by atoms with van der Waals surface area (Å²) in [6, 6.07) is 2.30. The van der Waals surface area contributed by atoms with Crippen LogP contribution in [0.5, 0.6) is 0 Å². The van der Waals surface area contributed by atoms with E-state index in [0.717, 1.165) is 23.6 Å². The van der Waals surface area contributed by atoms with Crippen molar-refractivity contribution in [1.29, 1.82) is 0 Å². The van der Waals surface area contributed by atoms with E-state index in [-0.39, 0.29) is 10.6 Å². The van der Waals surface area contributed by atoms with Crippen molar-refractivity contribution in [1.82, 2.24) is 0 Å². The maximum atomic E-state index is 13.3. The highest BCUT2D eigenvalue weighted by molar-refractivity contribution is 8.02. The Labute approximate surface area is 96.8 Å². The van der Waals surface area contributed by atoms with Gasteiger partial charge in [0.2, 0.25) is 0 Å². The molecule has 0 unspecified atom stereocenters. The molecule has 15 heavy (non-hydrogen) atoms. The van der Waals surface area contributed by atoms with Crippen LogP contribution in [-0.2, 0) is 0 Å². The average Bonchev–Trinajstić information content (AvgIpc) is 2.15. The van der Waals surface area contributed by atoms with E-state index in [0.29, 0.717) is 5.75 Å². The number of nitrogen functional groups attached to an aromatic ring is 1. The number of benzene rings is 1. The molecule has 0 radical (unpaired) electrons. The first-order valence-electron chi connectivity index (χ1n) is 4.60. The first kappa shape index (κ1) is 12.6. The molecule has 5 heteroatoms. The number of rotatable bonds is 5. The topological polar surface area (TPSA) is 26.0 Å². The number of anilines is 1. The van der Waals surface area contributed by atoms with Crippen LogP contribution in [0.4, 0.5) is 14.5 Å². The van der Waals surface area contributed by atoms with Gasteiger partial charge in [0.05, 0.1) is 4.90 Å². The van der Waals surface area contributed by atoms with Gasteiger partial charge < -0.3 is 5.73 Å². The Hall–Kier alpha value is -0.420. The van der Waals surface area contributed by atoms with Gasteiger partial charge in [-0.3, -0.25) is 0 Å². The molecule has 1 aromatic rings. The lowest BCUT2D eigenvalue weighted by Crippen LogP contribution is -1.94. The van der Waals surface area contributed by atoms with Crippen molar-refractivity contribution in [3.8, 4) is 0 Å². The standard InChI is InChI=1S/C10H13F2NS2/c1-2-14-3-4-15-10-8(11)5-7(13)6-9(10)12/h5-6H,2-4,13H2,1H3. The quantitative estimate of drug-likeness (QED) is 0.492. The molecule has 1 aromatic carbocycles. The summed E-state index contributed by atoms with van der Waals surface area (Å²) in [6.07, 6.45) is 0. The highest BCUT2D eigenvalue weighted by Crippen LogP contribution is 2.27. The van der Waals surface area contributed by atoms with Gasteiger partial charge in [0.15, 0.2) is 0 Å². The molecular formula is C10H13F2NS2. The second kappa shape index (κ2) is 6.23. The molecule has 0 saturated heterocycles. The summed E-state index contributed by atoms with van der Waals surface area (Å²) in [6.45, 7) is 2.06. The van der Waals surface area contributed by atoms with E-state index in [4.69, 9.17) is 5.73 Å². The fourth-order valence-electron chi connectivity index (χ4n) is 1.06. The summed E-state index contributed by atoms with van der Waals surface area (Å²) < 4.78 is 26.5. The van der Waals surface area contributed by atoms with Crippen molar-refractivity contribution in [2.24, 2.45) is 0 Å². The van der Waals surface area contributed by atoms with Gasteiger partial charge in [0.1, 0.15) is 11.6 Å². The molecule has 0 atom stereocenters. The molecule has 0 amide bonds. The summed E-state index contributed by atoms with van der Waals surface area (Å²) in [5.41, 5.74) is 5.43. The van der Waals surface area contributed by atoms with Crippen LogP contribution in [0.15, 0.2) is 17.0 Å². The van der Waals surface area contributed by atoms with Crippen molar-refractivity contribution >= 4 is 29.2 Å². The van der Waals surface area contributed by atoms with Crippen LogP contribution < -0.4 is 5.73 Å². The predicted octanol–water partition coefficient (Wildman–Crippen LogP) is 3.39. The molecule has 2 N–H and O–H groups in total. The van der Waals surface area contributed by atoms with Gasteiger partial charge in [0, 0.05) is 17.2 Å². The van der Waals surface area contributed by atoms with Crippen LogP contribution in [-0.4, -0.2) is 17.3 Å². The van der Waals surface area contributed by atoms with Crippen molar-refractivity contribution in [3.05, 3.63) is 23.8 Å². The second-order valence-corrected chi connectivity index (χ2v) is 5.36. The summed E-state index contributed by atoms with van der Waals surface area (Å²) in [5.74, 6) is 1.48. The van der Waals surface area contributed by atoms with Crippen molar-refractivity contribution in [3.63, 3.8) is 0 Å². The molecule has 0 aliphatic heterocycles. The van der Waals surface area contributed by atoms with Gasteiger partial charge >= 0.3 is 0 Å². The highest BCUT2D eigenvalue weighted by Gasteiger charge is 2.10. The minimum atomic E-state index is -0.570. The average molecular weight is 249 g/mol. The predicted molar refractivity (Wildman–Crippen MR) is 64.5 cm³/mol. The maximum Gasteiger partial charge on any atom is 0.141 e. The molecule has 1 nitrogen and oxygen atoms in total. The van der Waals surface area contributed by atoms with E-state index in [1.54, 1.807) is 11.8 Å². The maximum absolute atomic E-state index is 13.3. The lowest BCUT2D eigenvalue weighted by Gasteiger charge is -2.05. The summed E-state index contributed by atoms with van der Waals surface area (Å²) in [4.78, 5) is 0.0703. The van der Waals surface area contributed by atoms with Gasteiger partial charge in [-0.05, 0) is 17.9 Å². The zero-order valence-corrected chi connectivity index (χ0v) is 10.1. The SMILES string of the molecule is CCSCCSc1c(F)cc(N)cc1F. The van der Waals surface area contributed by atoms with Gasteiger partial charge in [-0.15, -0.1) is 11.8 Å². The number of nitrogens with two attached hydrogens (primary N) is 1. The monoisotopic (exact) mass is 249 g/mol. The van der Waals surface area contributed by atoms with Crippen LogP contribution >= 0.6 is 23.5 Å². The number of hydrogen-bond donors (Lipinski definition) is 1. The van der Waals surface area contributed by atoms with Gasteiger partial charge in [-0.25, -0.2) is 8.78 Å². The zero-order valence-electron chi connectivity index (χ0n) is 8.43. The summed E-state index contributed by atoms with van der Waals surface area (Å²) in [5, 5.41) is 0. The first-order valence-corrected chi connectivity index (χ1v) is 6.74. The van der Waals surface area contributed by atoms with E-state index >= 15 is 0 Å². The van der Waals surface area contributed by atoms with Gasteiger partial charge in [-0.2, -0.15) is 11.8 Å². The minimum absolute atomic E-state index is 0.0703. The third-order valence-corrected chi connectivity index (χ3v) is 3.95. The largest absolute Gasteiger partial charge is 0.399 e. The molecule has 0 fully saturated rings. The lowest BCUT2D eigenvalue weighted by atomic mass is 10.3. The molecule has 0 spiro atoms. The summed E-state index contributed by atoms with van der Waals surface area (Å²) in [7, 11) is 0. The minimum Gasteiger partial charge on any atom is -0.399 e. The Morgan fingerprint density at radius 3 is 2.33 bits per heavy atom. The molecule has 0 saturated carbocycles. The van der Waals surface area contributed by atoms with E-state index in [2.05, 4.69) is 6.92 Å².